The minimum absolute atomic E-state index is 0.0863. The van der Waals surface area contributed by atoms with E-state index in [1.54, 1.807) is 13.8 Å². The van der Waals surface area contributed by atoms with Gasteiger partial charge in [-0.25, -0.2) is 0 Å². The topological polar surface area (TPSA) is 55.5 Å². The van der Waals surface area contributed by atoms with Crippen LogP contribution < -0.4 is 10.5 Å². The molecule has 3 N–H and O–H groups in total. The highest BCUT2D eigenvalue weighted by molar-refractivity contribution is 5.89. The normalized spacial score (nSPS) is 13.4. The molecule has 108 valence electrons. The average molecular weight is 273 g/mol. The molecule has 0 aliphatic rings. The van der Waals surface area contributed by atoms with E-state index < -0.39 is 5.60 Å². The Labute approximate surface area is 120 Å². The summed E-state index contributed by atoms with van der Waals surface area (Å²) in [5, 5.41) is 12.0. The van der Waals surface area contributed by atoms with Crippen molar-refractivity contribution in [2.24, 2.45) is 5.73 Å². The lowest BCUT2D eigenvalue weighted by Crippen LogP contribution is -2.22. The lowest BCUT2D eigenvalue weighted by molar-refractivity contribution is 0.0554. The van der Waals surface area contributed by atoms with Crippen LogP contribution >= 0.6 is 0 Å². The van der Waals surface area contributed by atoms with Gasteiger partial charge in [0.05, 0.1) is 12.2 Å². The molecular weight excluding hydrogens is 250 g/mol. The number of ether oxygens (including phenoxy) is 1. The fourth-order valence-electron chi connectivity index (χ4n) is 2.18. The number of fused-ring (bicyclic) bond motifs is 1. The van der Waals surface area contributed by atoms with Gasteiger partial charge in [0.25, 0.3) is 0 Å². The van der Waals surface area contributed by atoms with Gasteiger partial charge in [0.15, 0.2) is 0 Å². The summed E-state index contributed by atoms with van der Waals surface area (Å²) in [4.78, 5) is 0. The van der Waals surface area contributed by atoms with Gasteiger partial charge in [-0.1, -0.05) is 36.4 Å². The van der Waals surface area contributed by atoms with E-state index in [1.807, 2.05) is 31.2 Å². The van der Waals surface area contributed by atoms with Crippen molar-refractivity contribution >= 4 is 10.8 Å². The molecule has 0 spiro atoms. The van der Waals surface area contributed by atoms with Gasteiger partial charge in [-0.15, -0.1) is 0 Å². The van der Waals surface area contributed by atoms with E-state index in [0.717, 1.165) is 22.1 Å². The molecule has 3 heteroatoms. The molecule has 2 aromatic rings. The van der Waals surface area contributed by atoms with E-state index in [9.17, 15) is 5.11 Å². The van der Waals surface area contributed by atoms with Crippen molar-refractivity contribution in [2.45, 2.75) is 38.8 Å². The second kappa shape index (κ2) is 5.81. The molecule has 0 unspecified atom stereocenters. The second-order valence-electron chi connectivity index (χ2n) is 5.90. The van der Waals surface area contributed by atoms with Gasteiger partial charge in [-0.3, -0.25) is 0 Å². The Morgan fingerprint density at radius 1 is 1.20 bits per heavy atom. The SMILES string of the molecule is C[C@H](N)c1ccc2ccccc2c1OCCC(C)(C)O. The molecule has 0 saturated carbocycles. The lowest BCUT2D eigenvalue weighted by atomic mass is 10.0. The van der Waals surface area contributed by atoms with Crippen molar-refractivity contribution in [2.75, 3.05) is 6.61 Å². The molecule has 0 aliphatic heterocycles. The van der Waals surface area contributed by atoms with Gasteiger partial charge in [0.2, 0.25) is 0 Å². The first-order valence-corrected chi connectivity index (χ1v) is 7.01. The summed E-state index contributed by atoms with van der Waals surface area (Å²) >= 11 is 0. The lowest BCUT2D eigenvalue weighted by Gasteiger charge is -2.20. The molecule has 2 rings (SSSR count). The van der Waals surface area contributed by atoms with Crippen LogP contribution in [0.25, 0.3) is 10.8 Å². The van der Waals surface area contributed by atoms with E-state index in [4.69, 9.17) is 10.5 Å². The zero-order chi connectivity index (χ0) is 14.8. The van der Waals surface area contributed by atoms with Crippen LogP contribution in [0.2, 0.25) is 0 Å². The van der Waals surface area contributed by atoms with Gasteiger partial charge in [0.1, 0.15) is 5.75 Å². The Hall–Kier alpha value is -1.58. The maximum atomic E-state index is 9.78. The van der Waals surface area contributed by atoms with Crippen LogP contribution in [0.3, 0.4) is 0 Å². The fourth-order valence-corrected chi connectivity index (χ4v) is 2.18. The molecule has 0 aliphatic carbocycles. The summed E-state index contributed by atoms with van der Waals surface area (Å²) in [6.45, 7) is 5.99. The van der Waals surface area contributed by atoms with Crippen LogP contribution in [0.1, 0.15) is 38.8 Å². The third kappa shape index (κ3) is 3.50. The van der Waals surface area contributed by atoms with Gasteiger partial charge in [0, 0.05) is 23.4 Å². The zero-order valence-corrected chi connectivity index (χ0v) is 12.4. The fraction of sp³-hybridized carbons (Fsp3) is 0.412. The maximum Gasteiger partial charge on any atom is 0.131 e. The third-order valence-electron chi connectivity index (χ3n) is 3.36. The Balaban J connectivity index is 2.35. The van der Waals surface area contributed by atoms with Gasteiger partial charge >= 0.3 is 0 Å². The van der Waals surface area contributed by atoms with E-state index in [-0.39, 0.29) is 6.04 Å². The third-order valence-corrected chi connectivity index (χ3v) is 3.36. The van der Waals surface area contributed by atoms with Crippen LogP contribution in [-0.2, 0) is 0 Å². The highest BCUT2D eigenvalue weighted by atomic mass is 16.5. The van der Waals surface area contributed by atoms with Crippen LogP contribution in [0.5, 0.6) is 5.75 Å². The monoisotopic (exact) mass is 273 g/mol. The number of rotatable bonds is 5. The molecule has 0 radical (unpaired) electrons. The maximum absolute atomic E-state index is 9.78. The number of nitrogens with two attached hydrogens (primary N) is 1. The highest BCUT2D eigenvalue weighted by Crippen LogP contribution is 2.33. The predicted octanol–water partition coefficient (Wildman–Crippen LogP) is 3.40. The van der Waals surface area contributed by atoms with E-state index in [1.165, 1.54) is 0 Å². The molecule has 0 saturated heterocycles. The van der Waals surface area contributed by atoms with E-state index >= 15 is 0 Å². The second-order valence-corrected chi connectivity index (χ2v) is 5.90. The van der Waals surface area contributed by atoms with Crippen molar-refractivity contribution in [1.29, 1.82) is 0 Å². The summed E-state index contributed by atoms with van der Waals surface area (Å²) < 4.78 is 5.95. The minimum Gasteiger partial charge on any atom is -0.492 e. The molecule has 0 amide bonds. The molecule has 2 aromatic carbocycles. The molecular formula is C17H23NO2. The molecule has 3 nitrogen and oxygen atoms in total. The predicted molar refractivity (Wildman–Crippen MR) is 83.0 cm³/mol. The van der Waals surface area contributed by atoms with E-state index in [2.05, 4.69) is 12.1 Å². The molecule has 20 heavy (non-hydrogen) atoms. The first kappa shape index (κ1) is 14.8. The number of benzene rings is 2. The number of hydrogen-bond donors (Lipinski definition) is 2. The largest absolute Gasteiger partial charge is 0.492 e. The van der Waals surface area contributed by atoms with Gasteiger partial charge < -0.3 is 15.6 Å². The van der Waals surface area contributed by atoms with Crippen molar-refractivity contribution in [3.05, 3.63) is 42.0 Å². The quantitative estimate of drug-likeness (QED) is 0.878. The highest BCUT2D eigenvalue weighted by Gasteiger charge is 2.15. The van der Waals surface area contributed by atoms with Crippen molar-refractivity contribution in [1.82, 2.24) is 0 Å². The first-order valence-electron chi connectivity index (χ1n) is 7.01. The van der Waals surface area contributed by atoms with Crippen LogP contribution in [0, 0.1) is 0 Å². The number of hydrogen-bond acceptors (Lipinski definition) is 3. The van der Waals surface area contributed by atoms with Gasteiger partial charge in [-0.05, 0) is 26.2 Å². The summed E-state index contributed by atoms with van der Waals surface area (Å²) in [5.74, 6) is 0.836. The summed E-state index contributed by atoms with van der Waals surface area (Å²) in [6.07, 6.45) is 0.578. The molecule has 0 heterocycles. The average Bonchev–Trinajstić information content (AvgIpc) is 2.37. The molecule has 0 fully saturated rings. The zero-order valence-electron chi connectivity index (χ0n) is 12.4. The van der Waals surface area contributed by atoms with Crippen molar-refractivity contribution in [3.8, 4) is 5.75 Å². The Morgan fingerprint density at radius 3 is 2.55 bits per heavy atom. The van der Waals surface area contributed by atoms with Crippen LogP contribution in [0.15, 0.2) is 36.4 Å². The standard InChI is InChI=1S/C17H23NO2/c1-12(18)14-9-8-13-6-4-5-7-15(13)16(14)20-11-10-17(2,3)19/h4-9,12,19H,10-11,18H2,1-3H3/t12-/m0/s1. The Kier molecular flexibility index (Phi) is 4.31. The first-order chi connectivity index (χ1) is 9.38. The van der Waals surface area contributed by atoms with E-state index in [0.29, 0.717) is 13.0 Å². The molecule has 1 atom stereocenters. The molecule has 0 bridgehead atoms. The van der Waals surface area contributed by atoms with Gasteiger partial charge in [-0.2, -0.15) is 0 Å². The summed E-state index contributed by atoms with van der Waals surface area (Å²) in [6, 6.07) is 12.1. The summed E-state index contributed by atoms with van der Waals surface area (Å²) in [7, 11) is 0. The van der Waals surface area contributed by atoms with Crippen molar-refractivity contribution in [3.63, 3.8) is 0 Å². The van der Waals surface area contributed by atoms with Crippen LogP contribution in [-0.4, -0.2) is 17.3 Å². The smallest absolute Gasteiger partial charge is 0.131 e. The van der Waals surface area contributed by atoms with Crippen LogP contribution in [0.4, 0.5) is 0 Å². The Bertz CT molecular complexity index is 585. The minimum atomic E-state index is -0.723. The number of aliphatic hydroxyl groups is 1. The Morgan fingerprint density at radius 2 is 1.90 bits per heavy atom. The summed E-state index contributed by atoms with van der Waals surface area (Å²) in [5.41, 5.74) is 6.31. The molecule has 0 aromatic heterocycles. The van der Waals surface area contributed by atoms with Crippen molar-refractivity contribution < 1.29 is 9.84 Å².